The minimum Gasteiger partial charge on any atom is -0.350 e. The fraction of sp³-hybridized carbons (Fsp3) is 0.125. The fourth-order valence-corrected chi connectivity index (χ4v) is 2.33. The van der Waals surface area contributed by atoms with E-state index in [9.17, 15) is 14.0 Å². The maximum Gasteiger partial charge on any atom is 0.255 e. The molecule has 0 heterocycles. The molecule has 2 amide bonds. The van der Waals surface area contributed by atoms with Crippen LogP contribution in [-0.4, -0.2) is 24.9 Å². The summed E-state index contributed by atoms with van der Waals surface area (Å²) in [5.41, 5.74) is 0.205. The second-order valence-electron chi connectivity index (χ2n) is 4.62. The van der Waals surface area contributed by atoms with E-state index in [4.69, 9.17) is 23.2 Å². The van der Waals surface area contributed by atoms with Crippen LogP contribution in [0.4, 0.5) is 4.39 Å². The third-order valence-electron chi connectivity index (χ3n) is 2.97. The van der Waals surface area contributed by atoms with Gasteiger partial charge in [-0.2, -0.15) is 0 Å². The average molecular weight is 355 g/mol. The van der Waals surface area contributed by atoms with Crippen LogP contribution in [0.25, 0.3) is 0 Å². The monoisotopic (exact) mass is 354 g/mol. The molecular formula is C16H13Cl2FN2O2. The highest BCUT2D eigenvalue weighted by atomic mass is 35.5. The van der Waals surface area contributed by atoms with E-state index in [1.54, 1.807) is 18.2 Å². The predicted octanol–water partition coefficient (Wildman–Crippen LogP) is 3.29. The Bertz CT molecular complexity index is 718. The van der Waals surface area contributed by atoms with Crippen LogP contribution in [0.2, 0.25) is 10.0 Å². The zero-order valence-corrected chi connectivity index (χ0v) is 13.4. The van der Waals surface area contributed by atoms with Crippen LogP contribution in [0, 0.1) is 5.82 Å². The number of halogens is 3. The lowest BCUT2D eigenvalue weighted by molar-refractivity contribution is 0.0925. The highest BCUT2D eigenvalue weighted by Crippen LogP contribution is 2.18. The molecule has 0 saturated carbocycles. The zero-order valence-electron chi connectivity index (χ0n) is 11.9. The second kappa shape index (κ2) is 7.94. The average Bonchev–Trinajstić information content (AvgIpc) is 2.51. The number of nitrogens with one attached hydrogen (secondary N) is 2. The smallest absolute Gasteiger partial charge is 0.255 e. The van der Waals surface area contributed by atoms with Crippen molar-refractivity contribution in [3.63, 3.8) is 0 Å². The van der Waals surface area contributed by atoms with Crippen molar-refractivity contribution in [1.29, 1.82) is 0 Å². The standard InChI is InChI=1S/C16H13Cl2FN2O2/c17-11-4-1-3-10(9-11)15(22)20-7-8-21-16(23)14-12(18)5-2-6-13(14)19/h1-6,9H,7-8H2,(H,20,22)(H,21,23). The van der Waals surface area contributed by atoms with E-state index in [0.717, 1.165) is 6.07 Å². The number of benzene rings is 2. The molecule has 2 rings (SSSR count). The van der Waals surface area contributed by atoms with Gasteiger partial charge in [-0.3, -0.25) is 9.59 Å². The summed E-state index contributed by atoms with van der Waals surface area (Å²) < 4.78 is 13.6. The van der Waals surface area contributed by atoms with Gasteiger partial charge in [-0.05, 0) is 30.3 Å². The molecule has 0 unspecified atom stereocenters. The van der Waals surface area contributed by atoms with Crippen molar-refractivity contribution in [3.8, 4) is 0 Å². The zero-order chi connectivity index (χ0) is 16.8. The Morgan fingerprint density at radius 1 is 0.957 bits per heavy atom. The molecule has 0 bridgehead atoms. The summed E-state index contributed by atoms with van der Waals surface area (Å²) in [5, 5.41) is 5.61. The van der Waals surface area contributed by atoms with Gasteiger partial charge in [0.25, 0.3) is 11.8 Å². The molecule has 2 N–H and O–H groups in total. The molecule has 7 heteroatoms. The fourth-order valence-electron chi connectivity index (χ4n) is 1.89. The summed E-state index contributed by atoms with van der Waals surface area (Å²) in [5.74, 6) is -1.64. The Morgan fingerprint density at radius 2 is 1.61 bits per heavy atom. The van der Waals surface area contributed by atoms with E-state index in [0.29, 0.717) is 10.6 Å². The quantitative estimate of drug-likeness (QED) is 0.809. The van der Waals surface area contributed by atoms with Crippen molar-refractivity contribution < 1.29 is 14.0 Å². The third kappa shape index (κ3) is 4.68. The van der Waals surface area contributed by atoms with Gasteiger partial charge in [0.2, 0.25) is 0 Å². The lowest BCUT2D eigenvalue weighted by Gasteiger charge is -2.09. The molecule has 0 fully saturated rings. The summed E-state index contributed by atoms with van der Waals surface area (Å²) in [4.78, 5) is 23.7. The van der Waals surface area contributed by atoms with Crippen molar-refractivity contribution in [2.75, 3.05) is 13.1 Å². The molecule has 120 valence electrons. The lowest BCUT2D eigenvalue weighted by atomic mass is 10.2. The number of carbonyl (C=O) groups is 2. The molecule has 23 heavy (non-hydrogen) atoms. The molecule has 0 radical (unpaired) electrons. The molecular weight excluding hydrogens is 342 g/mol. The van der Waals surface area contributed by atoms with Crippen LogP contribution in [0.1, 0.15) is 20.7 Å². The summed E-state index contributed by atoms with van der Waals surface area (Å²) in [6.45, 7) is 0.318. The third-order valence-corrected chi connectivity index (χ3v) is 3.52. The number of hydrogen-bond donors (Lipinski definition) is 2. The van der Waals surface area contributed by atoms with Crippen LogP contribution in [-0.2, 0) is 0 Å². The Hall–Kier alpha value is -2.11. The van der Waals surface area contributed by atoms with Gasteiger partial charge in [0, 0.05) is 23.7 Å². The molecule has 0 aliphatic carbocycles. The number of amides is 2. The Morgan fingerprint density at radius 3 is 2.26 bits per heavy atom. The Kier molecular flexibility index (Phi) is 5.96. The number of hydrogen-bond acceptors (Lipinski definition) is 2. The van der Waals surface area contributed by atoms with E-state index < -0.39 is 11.7 Å². The van der Waals surface area contributed by atoms with Crippen molar-refractivity contribution in [1.82, 2.24) is 10.6 Å². The van der Waals surface area contributed by atoms with Gasteiger partial charge in [-0.15, -0.1) is 0 Å². The van der Waals surface area contributed by atoms with Gasteiger partial charge < -0.3 is 10.6 Å². The maximum atomic E-state index is 13.6. The highest BCUT2D eigenvalue weighted by Gasteiger charge is 2.15. The molecule has 2 aromatic rings. The molecule has 0 spiro atoms. The predicted molar refractivity (Wildman–Crippen MR) is 87.5 cm³/mol. The van der Waals surface area contributed by atoms with Gasteiger partial charge in [-0.1, -0.05) is 35.3 Å². The van der Waals surface area contributed by atoms with Crippen LogP contribution < -0.4 is 10.6 Å². The topological polar surface area (TPSA) is 58.2 Å². The molecule has 0 aliphatic heterocycles. The van der Waals surface area contributed by atoms with Crippen LogP contribution in [0.3, 0.4) is 0 Å². The van der Waals surface area contributed by atoms with Gasteiger partial charge >= 0.3 is 0 Å². The number of carbonyl (C=O) groups excluding carboxylic acids is 2. The van der Waals surface area contributed by atoms with Gasteiger partial charge in [-0.25, -0.2) is 4.39 Å². The minimum absolute atomic E-state index is 0.0328. The van der Waals surface area contributed by atoms with Crippen molar-refractivity contribution in [2.45, 2.75) is 0 Å². The minimum atomic E-state index is -0.696. The van der Waals surface area contributed by atoms with Crippen LogP contribution in [0.15, 0.2) is 42.5 Å². The molecule has 4 nitrogen and oxygen atoms in total. The first-order valence-electron chi connectivity index (χ1n) is 6.75. The molecule has 2 aromatic carbocycles. The van der Waals surface area contributed by atoms with Gasteiger partial charge in [0.05, 0.1) is 10.6 Å². The van der Waals surface area contributed by atoms with Gasteiger partial charge in [0.15, 0.2) is 0 Å². The first-order valence-corrected chi connectivity index (χ1v) is 7.50. The van der Waals surface area contributed by atoms with Gasteiger partial charge in [0.1, 0.15) is 5.82 Å². The Labute approximate surface area is 142 Å². The van der Waals surface area contributed by atoms with E-state index in [-0.39, 0.29) is 29.6 Å². The number of rotatable bonds is 5. The highest BCUT2D eigenvalue weighted by molar-refractivity contribution is 6.33. The van der Waals surface area contributed by atoms with E-state index in [1.165, 1.54) is 18.2 Å². The maximum absolute atomic E-state index is 13.6. The summed E-state index contributed by atoms with van der Waals surface area (Å²) >= 11 is 11.6. The van der Waals surface area contributed by atoms with Crippen molar-refractivity contribution in [3.05, 3.63) is 69.5 Å². The summed E-state index contributed by atoms with van der Waals surface area (Å²) in [6.07, 6.45) is 0. The first-order chi connectivity index (χ1) is 11.0. The van der Waals surface area contributed by atoms with Crippen molar-refractivity contribution in [2.24, 2.45) is 0 Å². The largest absolute Gasteiger partial charge is 0.350 e. The molecule has 0 aliphatic rings. The SMILES string of the molecule is O=C(NCCNC(=O)c1c(F)cccc1Cl)c1cccc(Cl)c1. The van der Waals surface area contributed by atoms with E-state index in [1.807, 2.05) is 0 Å². The second-order valence-corrected chi connectivity index (χ2v) is 5.46. The molecule has 0 saturated heterocycles. The van der Waals surface area contributed by atoms with Crippen LogP contribution >= 0.6 is 23.2 Å². The van der Waals surface area contributed by atoms with E-state index in [2.05, 4.69) is 10.6 Å². The first kappa shape index (κ1) is 17.2. The van der Waals surface area contributed by atoms with Crippen molar-refractivity contribution >= 4 is 35.0 Å². The van der Waals surface area contributed by atoms with Crippen LogP contribution in [0.5, 0.6) is 0 Å². The lowest BCUT2D eigenvalue weighted by Crippen LogP contribution is -2.35. The molecule has 0 atom stereocenters. The summed E-state index contributed by atoms with van der Waals surface area (Å²) in [7, 11) is 0. The Balaban J connectivity index is 1.83. The summed E-state index contributed by atoms with van der Waals surface area (Å²) in [6, 6.07) is 10.5. The normalized spacial score (nSPS) is 10.2. The van der Waals surface area contributed by atoms with E-state index >= 15 is 0 Å². The molecule has 0 aromatic heterocycles.